The molecule has 1 heterocycles. The first-order chi connectivity index (χ1) is 13.5. The lowest BCUT2D eigenvalue weighted by molar-refractivity contribution is -0.146. The summed E-state index contributed by atoms with van der Waals surface area (Å²) in [5, 5.41) is 0. The fourth-order valence-electron chi connectivity index (χ4n) is 4.01. The molecule has 0 aromatic heterocycles. The molecule has 0 spiro atoms. The van der Waals surface area contributed by atoms with Crippen LogP contribution < -0.4 is 9.47 Å². The van der Waals surface area contributed by atoms with E-state index in [1.165, 1.54) is 0 Å². The van der Waals surface area contributed by atoms with Gasteiger partial charge in [-0.3, -0.25) is 14.6 Å². The molecule has 0 bridgehead atoms. The second kappa shape index (κ2) is 8.59. The van der Waals surface area contributed by atoms with Crippen LogP contribution in [-0.2, 0) is 14.3 Å². The highest BCUT2D eigenvalue weighted by Crippen LogP contribution is 2.45. The van der Waals surface area contributed by atoms with E-state index in [0.29, 0.717) is 35.8 Å². The lowest BCUT2D eigenvalue weighted by Gasteiger charge is -2.34. The van der Waals surface area contributed by atoms with E-state index in [1.54, 1.807) is 20.3 Å². The van der Waals surface area contributed by atoms with E-state index in [1.807, 2.05) is 26.0 Å². The van der Waals surface area contributed by atoms with E-state index in [2.05, 4.69) is 4.99 Å². The average molecular weight is 385 g/mol. The van der Waals surface area contributed by atoms with Crippen molar-refractivity contribution < 1.29 is 23.8 Å². The highest BCUT2D eigenvalue weighted by Gasteiger charge is 2.43. The van der Waals surface area contributed by atoms with Gasteiger partial charge in [0.2, 0.25) is 0 Å². The minimum atomic E-state index is -0.620. The van der Waals surface area contributed by atoms with Crippen molar-refractivity contribution in [2.45, 2.75) is 45.4 Å². The molecule has 0 N–H and O–H groups in total. The molecule has 0 saturated carbocycles. The number of hydrogen-bond donors (Lipinski definition) is 0. The van der Waals surface area contributed by atoms with Crippen molar-refractivity contribution in [1.82, 2.24) is 0 Å². The molecule has 0 amide bonds. The summed E-state index contributed by atoms with van der Waals surface area (Å²) in [5.74, 6) is -0.165. The summed E-state index contributed by atoms with van der Waals surface area (Å²) in [4.78, 5) is 30.4. The number of ether oxygens (including phenoxy) is 3. The second-order valence-corrected chi connectivity index (χ2v) is 7.13. The molecule has 1 aliphatic carbocycles. The fourth-order valence-corrected chi connectivity index (χ4v) is 4.01. The van der Waals surface area contributed by atoms with Crippen LogP contribution in [-0.4, -0.2) is 38.3 Å². The molecule has 0 radical (unpaired) electrons. The van der Waals surface area contributed by atoms with Crippen molar-refractivity contribution in [2.24, 2.45) is 10.9 Å². The highest BCUT2D eigenvalue weighted by atomic mass is 16.5. The zero-order valence-corrected chi connectivity index (χ0v) is 16.9. The maximum Gasteiger partial charge on any atom is 0.315 e. The van der Waals surface area contributed by atoms with Crippen LogP contribution in [0.5, 0.6) is 11.5 Å². The monoisotopic (exact) mass is 385 g/mol. The van der Waals surface area contributed by atoms with E-state index in [4.69, 9.17) is 14.2 Å². The summed E-state index contributed by atoms with van der Waals surface area (Å²) >= 11 is 0. The van der Waals surface area contributed by atoms with Crippen LogP contribution in [0.1, 0.15) is 51.0 Å². The number of benzene rings is 1. The number of methoxy groups -OCH3 is 2. The van der Waals surface area contributed by atoms with Crippen molar-refractivity contribution >= 4 is 17.5 Å². The molecule has 1 unspecified atom stereocenters. The Hall–Kier alpha value is -2.63. The topological polar surface area (TPSA) is 74.2 Å². The number of allylic oxidation sites excluding steroid dienone is 2. The quantitative estimate of drug-likeness (QED) is 0.696. The maximum absolute atomic E-state index is 12.9. The van der Waals surface area contributed by atoms with Gasteiger partial charge in [-0.05, 0) is 43.9 Å². The van der Waals surface area contributed by atoms with Crippen LogP contribution in [0.2, 0.25) is 0 Å². The van der Waals surface area contributed by atoms with Gasteiger partial charge >= 0.3 is 5.97 Å². The van der Waals surface area contributed by atoms with Gasteiger partial charge in [0.05, 0.1) is 20.8 Å². The third kappa shape index (κ3) is 3.68. The molecule has 6 heteroatoms. The number of carbonyl (C=O) groups excluding carboxylic acids is 2. The normalized spacial score (nSPS) is 21.7. The first-order valence-electron chi connectivity index (χ1n) is 9.71. The Morgan fingerprint density at radius 3 is 2.61 bits per heavy atom. The van der Waals surface area contributed by atoms with Crippen LogP contribution in [0.3, 0.4) is 0 Å². The lowest BCUT2D eigenvalue weighted by Crippen LogP contribution is -2.37. The molecule has 1 aromatic rings. The van der Waals surface area contributed by atoms with Gasteiger partial charge in [0.15, 0.2) is 17.3 Å². The molecule has 150 valence electrons. The Morgan fingerprint density at radius 2 is 1.93 bits per heavy atom. The summed E-state index contributed by atoms with van der Waals surface area (Å²) in [6.07, 6.45) is 2.76. The van der Waals surface area contributed by atoms with Gasteiger partial charge < -0.3 is 14.2 Å². The van der Waals surface area contributed by atoms with Gasteiger partial charge in [-0.25, -0.2) is 0 Å². The number of carbonyl (C=O) groups is 2. The first-order valence-corrected chi connectivity index (χ1v) is 9.71. The zero-order chi connectivity index (χ0) is 20.3. The third-order valence-electron chi connectivity index (χ3n) is 5.30. The predicted octanol–water partition coefficient (Wildman–Crippen LogP) is 3.84. The third-order valence-corrected chi connectivity index (χ3v) is 5.30. The van der Waals surface area contributed by atoms with E-state index in [-0.39, 0.29) is 11.8 Å². The number of Topliss-reactive ketones (excluding diaryl/α,β-unsaturated/α-hetero) is 1. The van der Waals surface area contributed by atoms with Crippen LogP contribution in [0.15, 0.2) is 34.5 Å². The molecular formula is C22H27NO5. The Morgan fingerprint density at radius 1 is 1.18 bits per heavy atom. The van der Waals surface area contributed by atoms with Crippen molar-refractivity contribution in [3.63, 3.8) is 0 Å². The number of hydrogen-bond acceptors (Lipinski definition) is 6. The van der Waals surface area contributed by atoms with Crippen LogP contribution in [0.4, 0.5) is 0 Å². The first kappa shape index (κ1) is 20.1. The molecule has 2 atom stereocenters. The zero-order valence-electron chi connectivity index (χ0n) is 16.9. The Bertz CT molecular complexity index is 839. The molecule has 3 rings (SSSR count). The molecule has 0 fully saturated rings. The van der Waals surface area contributed by atoms with Crippen LogP contribution >= 0.6 is 0 Å². The van der Waals surface area contributed by atoms with Gasteiger partial charge in [-0.15, -0.1) is 0 Å². The van der Waals surface area contributed by atoms with Crippen molar-refractivity contribution in [1.29, 1.82) is 0 Å². The number of nitrogens with zero attached hydrogens (tertiary/aromatic N) is 1. The number of ketones is 1. The van der Waals surface area contributed by atoms with Crippen molar-refractivity contribution in [3.8, 4) is 11.5 Å². The predicted molar refractivity (Wildman–Crippen MR) is 106 cm³/mol. The summed E-state index contributed by atoms with van der Waals surface area (Å²) < 4.78 is 16.2. The van der Waals surface area contributed by atoms with Crippen molar-refractivity contribution in [3.05, 3.63) is 35.0 Å². The standard InChI is InChI=1S/C22H27NO5/c1-5-11-28-22(25)19-13(2)23-15-7-6-8-16(24)21(15)20(19)14-9-10-17(26-3)18(12-14)27-4/h9-10,12,19-20H,5-8,11H2,1-4H3/t19?,20-/m0/s1. The molecule has 28 heavy (non-hydrogen) atoms. The SMILES string of the molecule is CCCOC(=O)C1C(C)=NC2=C(C(=O)CCC2)[C@H]1c1ccc(OC)c(OC)c1. The summed E-state index contributed by atoms with van der Waals surface area (Å²) in [6, 6.07) is 5.53. The van der Waals surface area contributed by atoms with Gasteiger partial charge in [0.25, 0.3) is 0 Å². The molecule has 1 aliphatic heterocycles. The number of aliphatic imine (C=N–C) groups is 1. The van der Waals surface area contributed by atoms with E-state index < -0.39 is 11.8 Å². The molecule has 1 aromatic carbocycles. The largest absolute Gasteiger partial charge is 0.493 e. The van der Waals surface area contributed by atoms with E-state index in [9.17, 15) is 9.59 Å². The Kier molecular flexibility index (Phi) is 6.17. The lowest BCUT2D eigenvalue weighted by atomic mass is 9.71. The summed E-state index contributed by atoms with van der Waals surface area (Å²) in [5.41, 5.74) is 2.96. The van der Waals surface area contributed by atoms with Gasteiger partial charge in [0, 0.05) is 29.3 Å². The van der Waals surface area contributed by atoms with Gasteiger partial charge in [-0.2, -0.15) is 0 Å². The average Bonchev–Trinajstić information content (AvgIpc) is 2.70. The summed E-state index contributed by atoms with van der Waals surface area (Å²) in [6.45, 7) is 4.14. The van der Waals surface area contributed by atoms with Crippen LogP contribution in [0.25, 0.3) is 0 Å². The Balaban J connectivity index is 2.13. The highest BCUT2D eigenvalue weighted by molar-refractivity contribution is 6.08. The molecular weight excluding hydrogens is 358 g/mol. The number of esters is 1. The maximum atomic E-state index is 12.9. The smallest absolute Gasteiger partial charge is 0.315 e. The second-order valence-electron chi connectivity index (χ2n) is 7.13. The van der Waals surface area contributed by atoms with Crippen LogP contribution in [0, 0.1) is 5.92 Å². The fraction of sp³-hybridized carbons (Fsp3) is 0.500. The minimum Gasteiger partial charge on any atom is -0.493 e. The number of rotatable bonds is 6. The van der Waals surface area contributed by atoms with Gasteiger partial charge in [0.1, 0.15) is 5.92 Å². The molecule has 2 aliphatic rings. The summed E-state index contributed by atoms with van der Waals surface area (Å²) in [7, 11) is 3.14. The Labute approximate surface area is 165 Å². The van der Waals surface area contributed by atoms with E-state index in [0.717, 1.165) is 30.5 Å². The van der Waals surface area contributed by atoms with Gasteiger partial charge in [-0.1, -0.05) is 13.0 Å². The van der Waals surface area contributed by atoms with Crippen molar-refractivity contribution in [2.75, 3.05) is 20.8 Å². The molecule has 6 nitrogen and oxygen atoms in total. The molecule has 0 saturated heterocycles. The van der Waals surface area contributed by atoms with E-state index >= 15 is 0 Å². The minimum absolute atomic E-state index is 0.0607.